The fourth-order valence-corrected chi connectivity index (χ4v) is 1.98. The molecule has 1 N–H and O–H groups in total. The SMILES string of the molecule is CCOC1=CC=CC(C=N)C1(C)/C=C/Cl. The molecule has 2 unspecified atom stereocenters. The van der Waals surface area contributed by atoms with Crippen molar-refractivity contribution in [2.75, 3.05) is 6.61 Å². The molecule has 0 saturated heterocycles. The zero-order valence-corrected chi connectivity index (χ0v) is 9.79. The Hall–Kier alpha value is -1.02. The Morgan fingerprint density at radius 2 is 2.40 bits per heavy atom. The van der Waals surface area contributed by atoms with E-state index in [1.54, 1.807) is 0 Å². The van der Waals surface area contributed by atoms with Crippen molar-refractivity contribution in [3.8, 4) is 0 Å². The van der Waals surface area contributed by atoms with Gasteiger partial charge in [-0.1, -0.05) is 29.8 Å². The lowest BCUT2D eigenvalue weighted by atomic mass is 9.73. The summed E-state index contributed by atoms with van der Waals surface area (Å²) in [5, 5.41) is 7.42. The second-order valence-corrected chi connectivity index (χ2v) is 3.87. The summed E-state index contributed by atoms with van der Waals surface area (Å²) in [5.41, 5.74) is 1.15. The molecule has 0 saturated carbocycles. The van der Waals surface area contributed by atoms with Gasteiger partial charge in [-0.3, -0.25) is 0 Å². The van der Waals surface area contributed by atoms with E-state index in [1.807, 2.05) is 38.2 Å². The molecule has 82 valence electrons. The minimum Gasteiger partial charge on any atom is -0.497 e. The molecule has 2 atom stereocenters. The van der Waals surface area contributed by atoms with Gasteiger partial charge in [-0.05, 0) is 19.9 Å². The lowest BCUT2D eigenvalue weighted by Gasteiger charge is -2.34. The molecule has 1 aliphatic carbocycles. The third-order valence-corrected chi connectivity index (χ3v) is 2.80. The second-order valence-electron chi connectivity index (χ2n) is 3.62. The summed E-state index contributed by atoms with van der Waals surface area (Å²) < 4.78 is 5.58. The smallest absolute Gasteiger partial charge is 0.107 e. The molecule has 0 aliphatic heterocycles. The van der Waals surface area contributed by atoms with E-state index in [0.29, 0.717) is 6.61 Å². The van der Waals surface area contributed by atoms with Crippen LogP contribution in [0.1, 0.15) is 13.8 Å². The number of ether oxygens (including phenoxy) is 1. The topological polar surface area (TPSA) is 33.1 Å². The number of hydrogen-bond acceptors (Lipinski definition) is 2. The van der Waals surface area contributed by atoms with Gasteiger partial charge in [0.15, 0.2) is 0 Å². The maximum atomic E-state index is 7.42. The van der Waals surface area contributed by atoms with Crippen LogP contribution in [-0.4, -0.2) is 12.8 Å². The summed E-state index contributed by atoms with van der Waals surface area (Å²) in [6.07, 6.45) is 9.12. The first-order valence-electron chi connectivity index (χ1n) is 4.99. The van der Waals surface area contributed by atoms with Gasteiger partial charge in [-0.25, -0.2) is 0 Å². The van der Waals surface area contributed by atoms with E-state index < -0.39 is 0 Å². The Morgan fingerprint density at radius 1 is 1.67 bits per heavy atom. The first-order valence-corrected chi connectivity index (χ1v) is 5.43. The molecule has 0 amide bonds. The summed E-state index contributed by atoms with van der Waals surface area (Å²) in [7, 11) is 0. The molecule has 0 spiro atoms. The van der Waals surface area contributed by atoms with Gasteiger partial charge < -0.3 is 10.1 Å². The monoisotopic (exact) mass is 225 g/mol. The fraction of sp³-hybridized carbons (Fsp3) is 0.417. The first-order chi connectivity index (χ1) is 7.19. The van der Waals surface area contributed by atoms with E-state index in [0.717, 1.165) is 5.76 Å². The third kappa shape index (κ3) is 2.32. The summed E-state index contributed by atoms with van der Waals surface area (Å²) in [6, 6.07) is 0. The van der Waals surface area contributed by atoms with Crippen molar-refractivity contribution >= 4 is 17.8 Å². The molecule has 0 aromatic carbocycles. The van der Waals surface area contributed by atoms with Crippen LogP contribution in [0.2, 0.25) is 0 Å². The Kier molecular flexibility index (Phi) is 4.15. The predicted octanol–water partition coefficient (Wildman–Crippen LogP) is 3.50. The fourth-order valence-electron chi connectivity index (χ4n) is 1.72. The standard InChI is InChI=1S/C12H16ClNO/c1-3-15-11-6-4-5-10(9-14)12(11,2)7-8-13/h4-10,14H,3H2,1-2H3/b8-7+,14-9?. The van der Waals surface area contributed by atoms with Crippen molar-refractivity contribution in [1.29, 1.82) is 5.41 Å². The van der Waals surface area contributed by atoms with Gasteiger partial charge in [0.2, 0.25) is 0 Å². The lowest BCUT2D eigenvalue weighted by molar-refractivity contribution is 0.157. The van der Waals surface area contributed by atoms with Crippen molar-refractivity contribution in [2.24, 2.45) is 11.3 Å². The van der Waals surface area contributed by atoms with Gasteiger partial charge in [0.05, 0.1) is 12.0 Å². The average molecular weight is 226 g/mol. The summed E-state index contributed by atoms with van der Waals surface area (Å²) >= 11 is 5.65. The van der Waals surface area contributed by atoms with E-state index in [9.17, 15) is 0 Å². The van der Waals surface area contributed by atoms with Crippen LogP contribution in [-0.2, 0) is 4.74 Å². The maximum Gasteiger partial charge on any atom is 0.107 e. The quantitative estimate of drug-likeness (QED) is 0.730. The molecule has 0 heterocycles. The Bertz CT molecular complexity index is 320. The number of halogens is 1. The molecule has 1 aliphatic rings. The van der Waals surface area contributed by atoms with E-state index in [1.165, 1.54) is 11.7 Å². The molecule has 2 nitrogen and oxygen atoms in total. The highest BCUT2D eigenvalue weighted by Gasteiger charge is 2.35. The van der Waals surface area contributed by atoms with Gasteiger partial charge in [-0.15, -0.1) is 0 Å². The molecule has 3 heteroatoms. The Balaban J connectivity index is 3.07. The van der Waals surface area contributed by atoms with Crippen molar-refractivity contribution in [3.05, 3.63) is 35.6 Å². The summed E-state index contributed by atoms with van der Waals surface area (Å²) in [4.78, 5) is 0. The molecule has 0 aromatic heterocycles. The molecule has 0 aromatic rings. The maximum absolute atomic E-state index is 7.42. The summed E-state index contributed by atoms with van der Waals surface area (Å²) in [5.74, 6) is 0.858. The molecular weight excluding hydrogens is 210 g/mol. The van der Waals surface area contributed by atoms with Gasteiger partial charge in [-0.2, -0.15) is 0 Å². The van der Waals surface area contributed by atoms with E-state index in [2.05, 4.69) is 0 Å². The molecular formula is C12H16ClNO. The number of allylic oxidation sites excluding steroid dienone is 4. The van der Waals surface area contributed by atoms with E-state index in [4.69, 9.17) is 21.7 Å². The predicted molar refractivity (Wildman–Crippen MR) is 64.2 cm³/mol. The van der Waals surface area contributed by atoms with Crippen LogP contribution in [0.25, 0.3) is 0 Å². The van der Waals surface area contributed by atoms with E-state index in [-0.39, 0.29) is 11.3 Å². The van der Waals surface area contributed by atoms with Crippen LogP contribution >= 0.6 is 11.6 Å². The van der Waals surface area contributed by atoms with E-state index >= 15 is 0 Å². The lowest BCUT2D eigenvalue weighted by Crippen LogP contribution is -2.30. The van der Waals surface area contributed by atoms with Gasteiger partial charge in [0.25, 0.3) is 0 Å². The number of rotatable bonds is 4. The van der Waals surface area contributed by atoms with Crippen LogP contribution in [0, 0.1) is 16.7 Å². The highest BCUT2D eigenvalue weighted by molar-refractivity contribution is 6.25. The van der Waals surface area contributed by atoms with Crippen molar-refractivity contribution in [1.82, 2.24) is 0 Å². The van der Waals surface area contributed by atoms with Crippen molar-refractivity contribution in [3.63, 3.8) is 0 Å². The van der Waals surface area contributed by atoms with Crippen LogP contribution in [0.4, 0.5) is 0 Å². The minimum absolute atomic E-state index is 0.000880. The highest BCUT2D eigenvalue weighted by Crippen LogP contribution is 2.40. The zero-order valence-electron chi connectivity index (χ0n) is 9.03. The van der Waals surface area contributed by atoms with Crippen molar-refractivity contribution < 1.29 is 4.74 Å². The summed E-state index contributed by atoms with van der Waals surface area (Å²) in [6.45, 7) is 4.59. The Morgan fingerprint density at radius 3 is 2.93 bits per heavy atom. The molecule has 0 bridgehead atoms. The van der Waals surface area contributed by atoms with Crippen LogP contribution in [0.5, 0.6) is 0 Å². The molecule has 1 rings (SSSR count). The van der Waals surface area contributed by atoms with Gasteiger partial charge in [0.1, 0.15) is 5.76 Å². The number of nitrogens with one attached hydrogen (secondary N) is 1. The molecule has 0 fully saturated rings. The average Bonchev–Trinajstić information content (AvgIpc) is 2.22. The normalized spacial score (nSPS) is 30.3. The highest BCUT2D eigenvalue weighted by atomic mass is 35.5. The second kappa shape index (κ2) is 5.17. The third-order valence-electron chi connectivity index (χ3n) is 2.68. The van der Waals surface area contributed by atoms with Crippen LogP contribution in [0.15, 0.2) is 35.6 Å². The van der Waals surface area contributed by atoms with Crippen LogP contribution in [0.3, 0.4) is 0 Å². The molecule has 0 radical (unpaired) electrons. The largest absolute Gasteiger partial charge is 0.497 e. The Labute approximate surface area is 95.8 Å². The van der Waals surface area contributed by atoms with Crippen LogP contribution < -0.4 is 0 Å². The number of hydrogen-bond donors (Lipinski definition) is 1. The first kappa shape index (κ1) is 12.1. The zero-order chi connectivity index (χ0) is 11.3. The van der Waals surface area contributed by atoms with Gasteiger partial charge >= 0.3 is 0 Å². The minimum atomic E-state index is -0.339. The molecule has 15 heavy (non-hydrogen) atoms. The van der Waals surface area contributed by atoms with Crippen molar-refractivity contribution in [2.45, 2.75) is 13.8 Å². The van der Waals surface area contributed by atoms with Gasteiger partial charge in [0, 0.05) is 17.7 Å².